The monoisotopic (exact) mass is 211 g/mol. The number of carbonyl (C=O) groups is 1. The van der Waals surface area contributed by atoms with Crippen LogP contribution in [0.15, 0.2) is 5.38 Å². The van der Waals surface area contributed by atoms with E-state index >= 15 is 0 Å². The average molecular weight is 211 g/mol. The zero-order valence-electron chi connectivity index (χ0n) is 7.99. The molecule has 0 radical (unpaired) electrons. The lowest BCUT2D eigenvalue weighted by atomic mass is 10.3. The molecule has 2 atom stereocenters. The molecule has 1 fully saturated rings. The molecule has 5 heteroatoms. The Morgan fingerprint density at radius 1 is 1.86 bits per heavy atom. The number of carbonyl (C=O) groups excluding carboxylic acids is 1. The molecular weight excluding hydrogens is 198 g/mol. The Labute approximate surface area is 86.5 Å². The molecule has 1 aromatic heterocycles. The van der Waals surface area contributed by atoms with Gasteiger partial charge in [-0.3, -0.25) is 4.79 Å². The maximum absolute atomic E-state index is 11.4. The highest BCUT2D eigenvalue weighted by atomic mass is 32.1. The zero-order chi connectivity index (χ0) is 10.1. The van der Waals surface area contributed by atoms with E-state index in [4.69, 9.17) is 5.73 Å². The molecule has 1 aromatic rings. The first-order chi connectivity index (χ1) is 6.65. The standard InChI is InChI=1S/C9H13N3OS/c1-5-2-7(5)12-8(13)3-6-4-14-9(10)11-6/h4-5,7H,2-3H2,1H3,(H2,10,11)(H,12,13). The van der Waals surface area contributed by atoms with E-state index in [1.54, 1.807) is 0 Å². The number of nitrogens with zero attached hydrogens (tertiary/aromatic N) is 1. The lowest BCUT2D eigenvalue weighted by Gasteiger charge is -2.00. The van der Waals surface area contributed by atoms with Gasteiger partial charge in [-0.15, -0.1) is 11.3 Å². The smallest absolute Gasteiger partial charge is 0.226 e. The fourth-order valence-electron chi connectivity index (χ4n) is 1.35. The Morgan fingerprint density at radius 2 is 2.57 bits per heavy atom. The molecule has 0 saturated heterocycles. The van der Waals surface area contributed by atoms with E-state index in [1.807, 2.05) is 5.38 Å². The van der Waals surface area contributed by atoms with E-state index in [1.165, 1.54) is 11.3 Å². The van der Waals surface area contributed by atoms with Gasteiger partial charge in [0.05, 0.1) is 12.1 Å². The van der Waals surface area contributed by atoms with E-state index in [0.29, 0.717) is 23.5 Å². The van der Waals surface area contributed by atoms with E-state index < -0.39 is 0 Å². The number of nitrogens with two attached hydrogens (primary N) is 1. The molecule has 1 saturated carbocycles. The second kappa shape index (κ2) is 3.57. The van der Waals surface area contributed by atoms with Gasteiger partial charge < -0.3 is 11.1 Å². The summed E-state index contributed by atoms with van der Waals surface area (Å²) in [6.07, 6.45) is 1.45. The van der Waals surface area contributed by atoms with Crippen LogP contribution in [0.2, 0.25) is 0 Å². The molecule has 2 rings (SSSR count). The Kier molecular flexibility index (Phi) is 2.41. The molecule has 2 unspecified atom stereocenters. The molecule has 0 spiro atoms. The third kappa shape index (κ3) is 2.23. The second-order valence-electron chi connectivity index (χ2n) is 3.74. The van der Waals surface area contributed by atoms with Gasteiger partial charge in [0.25, 0.3) is 0 Å². The van der Waals surface area contributed by atoms with E-state index in [9.17, 15) is 4.79 Å². The van der Waals surface area contributed by atoms with E-state index in [0.717, 1.165) is 12.1 Å². The topological polar surface area (TPSA) is 68.0 Å². The van der Waals surface area contributed by atoms with Crippen LogP contribution in [0.3, 0.4) is 0 Å². The first kappa shape index (κ1) is 9.45. The minimum Gasteiger partial charge on any atom is -0.375 e. The van der Waals surface area contributed by atoms with Crippen molar-refractivity contribution in [2.24, 2.45) is 5.92 Å². The molecule has 1 aliphatic carbocycles. The summed E-state index contributed by atoms with van der Waals surface area (Å²) in [4.78, 5) is 15.5. The van der Waals surface area contributed by atoms with Gasteiger partial charge in [0, 0.05) is 11.4 Å². The summed E-state index contributed by atoms with van der Waals surface area (Å²) in [5.74, 6) is 0.684. The highest BCUT2D eigenvalue weighted by Crippen LogP contribution is 2.28. The molecule has 0 aromatic carbocycles. The predicted molar refractivity (Wildman–Crippen MR) is 55.9 cm³/mol. The maximum atomic E-state index is 11.4. The van der Waals surface area contributed by atoms with Crippen LogP contribution in [0.4, 0.5) is 5.13 Å². The molecule has 3 N–H and O–H groups in total. The van der Waals surface area contributed by atoms with Gasteiger partial charge in [0.15, 0.2) is 5.13 Å². The van der Waals surface area contributed by atoms with Crippen molar-refractivity contribution in [2.45, 2.75) is 25.8 Å². The third-order valence-electron chi connectivity index (χ3n) is 2.37. The number of aromatic nitrogens is 1. The Balaban J connectivity index is 1.82. The number of rotatable bonds is 3. The van der Waals surface area contributed by atoms with Gasteiger partial charge in [0.1, 0.15) is 0 Å². The Bertz CT molecular complexity index is 350. The van der Waals surface area contributed by atoms with Crippen molar-refractivity contribution < 1.29 is 4.79 Å². The lowest BCUT2D eigenvalue weighted by Crippen LogP contribution is -2.28. The predicted octanol–water partition coefficient (Wildman–Crippen LogP) is 0.792. The van der Waals surface area contributed by atoms with Gasteiger partial charge in [-0.2, -0.15) is 0 Å². The summed E-state index contributed by atoms with van der Waals surface area (Å²) in [6, 6.07) is 0.387. The quantitative estimate of drug-likeness (QED) is 0.776. The molecule has 4 nitrogen and oxygen atoms in total. The van der Waals surface area contributed by atoms with Gasteiger partial charge in [-0.1, -0.05) is 6.92 Å². The fourth-order valence-corrected chi connectivity index (χ4v) is 1.91. The SMILES string of the molecule is CC1CC1NC(=O)Cc1csc(N)n1. The van der Waals surface area contributed by atoms with Crippen LogP contribution in [0.25, 0.3) is 0 Å². The highest BCUT2D eigenvalue weighted by Gasteiger charge is 2.33. The van der Waals surface area contributed by atoms with Crippen molar-refractivity contribution >= 4 is 22.4 Å². The van der Waals surface area contributed by atoms with Gasteiger partial charge in [-0.25, -0.2) is 4.98 Å². The van der Waals surface area contributed by atoms with Crippen LogP contribution in [0.1, 0.15) is 19.0 Å². The van der Waals surface area contributed by atoms with E-state index in [-0.39, 0.29) is 5.91 Å². The molecule has 0 aliphatic heterocycles. The first-order valence-electron chi connectivity index (χ1n) is 4.64. The van der Waals surface area contributed by atoms with Crippen LogP contribution in [0, 0.1) is 5.92 Å². The number of nitrogens with one attached hydrogen (secondary N) is 1. The fraction of sp³-hybridized carbons (Fsp3) is 0.556. The Morgan fingerprint density at radius 3 is 3.07 bits per heavy atom. The number of amides is 1. The number of hydrogen-bond donors (Lipinski definition) is 2. The van der Waals surface area contributed by atoms with Gasteiger partial charge in [-0.05, 0) is 12.3 Å². The van der Waals surface area contributed by atoms with Crippen LogP contribution in [-0.2, 0) is 11.2 Å². The van der Waals surface area contributed by atoms with E-state index in [2.05, 4.69) is 17.2 Å². The van der Waals surface area contributed by atoms with Crippen molar-refractivity contribution in [3.05, 3.63) is 11.1 Å². The van der Waals surface area contributed by atoms with Crippen LogP contribution in [-0.4, -0.2) is 16.9 Å². The van der Waals surface area contributed by atoms with Gasteiger partial charge in [0.2, 0.25) is 5.91 Å². The number of hydrogen-bond acceptors (Lipinski definition) is 4. The molecular formula is C9H13N3OS. The highest BCUT2D eigenvalue weighted by molar-refractivity contribution is 7.13. The molecule has 0 bridgehead atoms. The van der Waals surface area contributed by atoms with Crippen LogP contribution < -0.4 is 11.1 Å². The number of nitrogen functional groups attached to an aromatic ring is 1. The third-order valence-corrected chi connectivity index (χ3v) is 3.09. The molecule has 1 aliphatic rings. The number of thiazole rings is 1. The lowest BCUT2D eigenvalue weighted by molar-refractivity contribution is -0.120. The van der Waals surface area contributed by atoms with Crippen LogP contribution >= 0.6 is 11.3 Å². The minimum atomic E-state index is 0.0460. The summed E-state index contributed by atoms with van der Waals surface area (Å²) in [5.41, 5.74) is 6.23. The molecule has 14 heavy (non-hydrogen) atoms. The van der Waals surface area contributed by atoms with Gasteiger partial charge >= 0.3 is 0 Å². The Hall–Kier alpha value is -1.10. The van der Waals surface area contributed by atoms with Crippen molar-refractivity contribution in [3.8, 4) is 0 Å². The number of anilines is 1. The summed E-state index contributed by atoms with van der Waals surface area (Å²) >= 11 is 1.37. The first-order valence-corrected chi connectivity index (χ1v) is 5.52. The zero-order valence-corrected chi connectivity index (χ0v) is 8.80. The van der Waals surface area contributed by atoms with Crippen molar-refractivity contribution in [2.75, 3.05) is 5.73 Å². The average Bonchev–Trinajstić information content (AvgIpc) is 2.59. The summed E-state index contributed by atoms with van der Waals surface area (Å²) in [7, 11) is 0. The van der Waals surface area contributed by atoms with Crippen molar-refractivity contribution in [1.82, 2.24) is 10.3 Å². The molecule has 1 amide bonds. The van der Waals surface area contributed by atoms with Crippen LogP contribution in [0.5, 0.6) is 0 Å². The van der Waals surface area contributed by atoms with Crippen molar-refractivity contribution in [1.29, 1.82) is 0 Å². The second-order valence-corrected chi connectivity index (χ2v) is 4.63. The molecule has 76 valence electrons. The summed E-state index contributed by atoms with van der Waals surface area (Å²) < 4.78 is 0. The summed E-state index contributed by atoms with van der Waals surface area (Å²) in [6.45, 7) is 2.13. The summed E-state index contributed by atoms with van der Waals surface area (Å²) in [5, 5.41) is 5.29. The normalized spacial score (nSPS) is 24.6. The largest absolute Gasteiger partial charge is 0.375 e. The maximum Gasteiger partial charge on any atom is 0.226 e. The minimum absolute atomic E-state index is 0.0460. The molecule has 1 heterocycles. The van der Waals surface area contributed by atoms with Crippen molar-refractivity contribution in [3.63, 3.8) is 0 Å².